The number of carbonyl (C=O) groups is 1. The molecular formula is C20H26BN3O2. The van der Waals surface area contributed by atoms with Gasteiger partial charge in [-0.05, 0) is 36.8 Å². The van der Waals surface area contributed by atoms with Gasteiger partial charge in [-0.25, -0.2) is 0 Å². The second-order valence-electron chi connectivity index (χ2n) is 7.33. The molecule has 136 valence electrons. The highest BCUT2D eigenvalue weighted by Crippen LogP contribution is 2.38. The van der Waals surface area contributed by atoms with Crippen LogP contribution >= 0.6 is 0 Å². The van der Waals surface area contributed by atoms with Gasteiger partial charge in [0, 0.05) is 24.2 Å². The minimum Gasteiger partial charge on any atom is -0.480 e. The molecule has 3 rings (SSSR count). The number of unbranched alkanes of at least 4 members (excludes halogenated alkanes) is 1. The number of pyridine rings is 1. The van der Waals surface area contributed by atoms with E-state index < -0.39 is 11.5 Å². The van der Waals surface area contributed by atoms with E-state index in [2.05, 4.69) is 28.5 Å². The first-order valence-corrected chi connectivity index (χ1v) is 9.33. The molecule has 6 heteroatoms. The number of nitrogens with zero attached hydrogens (tertiary/aromatic N) is 1. The topological polar surface area (TPSA) is 88.2 Å². The molecular weight excluding hydrogens is 325 g/mol. The van der Waals surface area contributed by atoms with Crippen molar-refractivity contribution in [3.8, 4) is 0 Å². The minimum atomic E-state index is -1.13. The third-order valence-electron chi connectivity index (χ3n) is 5.61. The van der Waals surface area contributed by atoms with Gasteiger partial charge in [0.05, 0.1) is 13.4 Å². The van der Waals surface area contributed by atoms with E-state index in [0.717, 1.165) is 48.7 Å². The third kappa shape index (κ3) is 3.91. The van der Waals surface area contributed by atoms with Crippen molar-refractivity contribution in [1.29, 1.82) is 0 Å². The molecule has 1 saturated carbocycles. The van der Waals surface area contributed by atoms with Crippen LogP contribution in [-0.4, -0.2) is 35.5 Å². The van der Waals surface area contributed by atoms with Crippen molar-refractivity contribution in [1.82, 2.24) is 10.3 Å². The predicted molar refractivity (Wildman–Crippen MR) is 104 cm³/mol. The third-order valence-corrected chi connectivity index (χ3v) is 5.61. The number of benzene rings is 1. The lowest BCUT2D eigenvalue weighted by Gasteiger charge is -2.45. The number of fused-ring (bicyclic) bond motifs is 1. The SMILES string of the molecule is [B]CCCCC(N)(C(=O)O)C1CC(NCc2cccc3cccnc23)C1. The first-order chi connectivity index (χ1) is 12.5. The summed E-state index contributed by atoms with van der Waals surface area (Å²) in [7, 11) is 5.51. The maximum atomic E-state index is 11.7. The zero-order chi connectivity index (χ0) is 18.6. The van der Waals surface area contributed by atoms with E-state index >= 15 is 0 Å². The molecule has 5 nitrogen and oxygen atoms in total. The molecule has 0 amide bonds. The zero-order valence-electron chi connectivity index (χ0n) is 15.0. The number of para-hydroxylation sites is 1. The summed E-state index contributed by atoms with van der Waals surface area (Å²) in [4.78, 5) is 16.2. The molecule has 26 heavy (non-hydrogen) atoms. The van der Waals surface area contributed by atoms with Gasteiger partial charge in [0.15, 0.2) is 0 Å². The Morgan fingerprint density at radius 1 is 1.31 bits per heavy atom. The average molecular weight is 351 g/mol. The first kappa shape index (κ1) is 18.9. The summed E-state index contributed by atoms with van der Waals surface area (Å²) in [5, 5.41) is 14.3. The molecule has 0 saturated heterocycles. The molecule has 0 spiro atoms. The van der Waals surface area contributed by atoms with Crippen molar-refractivity contribution in [2.24, 2.45) is 11.7 Å². The number of carboxylic acids is 1. The van der Waals surface area contributed by atoms with Gasteiger partial charge >= 0.3 is 5.97 Å². The summed E-state index contributed by atoms with van der Waals surface area (Å²) in [6.45, 7) is 0.726. The van der Waals surface area contributed by atoms with Crippen LogP contribution in [0.15, 0.2) is 36.5 Å². The van der Waals surface area contributed by atoms with Crippen molar-refractivity contribution in [2.75, 3.05) is 0 Å². The van der Waals surface area contributed by atoms with Crippen LogP contribution in [0.5, 0.6) is 0 Å². The molecule has 1 aromatic heterocycles. The van der Waals surface area contributed by atoms with Crippen molar-refractivity contribution in [3.05, 3.63) is 42.1 Å². The van der Waals surface area contributed by atoms with E-state index in [1.165, 1.54) is 0 Å². The number of rotatable bonds is 9. The summed E-state index contributed by atoms with van der Waals surface area (Å²) in [6.07, 6.45) is 6.04. The number of nitrogens with one attached hydrogen (secondary N) is 1. The zero-order valence-corrected chi connectivity index (χ0v) is 15.0. The Bertz CT molecular complexity index is 758. The highest BCUT2D eigenvalue weighted by atomic mass is 16.4. The maximum Gasteiger partial charge on any atom is 0.323 e. The van der Waals surface area contributed by atoms with Crippen molar-refractivity contribution < 1.29 is 9.90 Å². The summed E-state index contributed by atoms with van der Waals surface area (Å²) >= 11 is 0. The molecule has 2 radical (unpaired) electrons. The predicted octanol–water partition coefficient (Wildman–Crippen LogP) is 2.64. The second kappa shape index (κ2) is 8.19. The molecule has 1 heterocycles. The van der Waals surface area contributed by atoms with Crippen LogP contribution in [0.4, 0.5) is 0 Å². The lowest BCUT2D eigenvalue weighted by atomic mass is 9.66. The Hall–Kier alpha value is -1.92. The molecule has 0 aliphatic heterocycles. The van der Waals surface area contributed by atoms with Gasteiger partial charge in [0.1, 0.15) is 5.54 Å². The monoisotopic (exact) mass is 351 g/mol. The maximum absolute atomic E-state index is 11.7. The highest BCUT2D eigenvalue weighted by Gasteiger charge is 2.47. The number of carboxylic acid groups (broad SMARTS) is 1. The quantitative estimate of drug-likeness (QED) is 0.477. The van der Waals surface area contributed by atoms with E-state index in [4.69, 9.17) is 13.6 Å². The van der Waals surface area contributed by atoms with E-state index in [9.17, 15) is 9.90 Å². The summed E-state index contributed by atoms with van der Waals surface area (Å²) in [5.74, 6) is -0.878. The van der Waals surface area contributed by atoms with Gasteiger partial charge in [-0.1, -0.05) is 43.4 Å². The fourth-order valence-electron chi connectivity index (χ4n) is 3.82. The van der Waals surface area contributed by atoms with Crippen LogP contribution in [0.3, 0.4) is 0 Å². The fourth-order valence-corrected chi connectivity index (χ4v) is 3.82. The number of nitrogens with two attached hydrogens (primary N) is 1. The molecule has 1 unspecified atom stereocenters. The van der Waals surface area contributed by atoms with Crippen molar-refractivity contribution in [2.45, 2.75) is 56.5 Å². The molecule has 1 aliphatic rings. The van der Waals surface area contributed by atoms with E-state index in [1.54, 1.807) is 0 Å². The Labute approximate surface area is 155 Å². The average Bonchev–Trinajstić information content (AvgIpc) is 2.60. The first-order valence-electron chi connectivity index (χ1n) is 9.33. The van der Waals surface area contributed by atoms with Gasteiger partial charge in [-0.2, -0.15) is 0 Å². The molecule has 4 N–H and O–H groups in total. The van der Waals surface area contributed by atoms with E-state index in [-0.39, 0.29) is 5.92 Å². The Morgan fingerprint density at radius 3 is 2.81 bits per heavy atom. The van der Waals surface area contributed by atoms with E-state index in [1.807, 2.05) is 18.3 Å². The molecule has 1 fully saturated rings. The highest BCUT2D eigenvalue weighted by molar-refractivity contribution is 6.08. The van der Waals surface area contributed by atoms with Gasteiger partial charge < -0.3 is 16.2 Å². The fraction of sp³-hybridized carbons (Fsp3) is 0.500. The molecule has 1 aromatic carbocycles. The van der Waals surface area contributed by atoms with Crippen LogP contribution in [0.1, 0.15) is 37.7 Å². The summed E-state index contributed by atoms with van der Waals surface area (Å²) < 4.78 is 0. The number of hydrogen-bond acceptors (Lipinski definition) is 4. The van der Waals surface area contributed by atoms with Crippen molar-refractivity contribution in [3.63, 3.8) is 0 Å². The summed E-state index contributed by atoms with van der Waals surface area (Å²) in [5.41, 5.74) is 7.29. The molecule has 0 bridgehead atoms. The Morgan fingerprint density at radius 2 is 2.08 bits per heavy atom. The van der Waals surface area contributed by atoms with Gasteiger partial charge in [0.25, 0.3) is 0 Å². The smallest absolute Gasteiger partial charge is 0.323 e. The molecule has 1 atom stereocenters. The van der Waals surface area contributed by atoms with Crippen LogP contribution in [0.25, 0.3) is 10.9 Å². The number of aromatic nitrogens is 1. The lowest BCUT2D eigenvalue weighted by molar-refractivity contribution is -0.148. The normalized spacial score (nSPS) is 21.9. The second-order valence-corrected chi connectivity index (χ2v) is 7.33. The van der Waals surface area contributed by atoms with Crippen LogP contribution in [-0.2, 0) is 11.3 Å². The molecule has 2 aromatic rings. The van der Waals surface area contributed by atoms with Crippen LogP contribution in [0.2, 0.25) is 6.32 Å². The van der Waals surface area contributed by atoms with E-state index in [0.29, 0.717) is 18.8 Å². The minimum absolute atomic E-state index is 0.0147. The van der Waals surface area contributed by atoms with Crippen LogP contribution < -0.4 is 11.1 Å². The Balaban J connectivity index is 1.55. The Kier molecular flexibility index (Phi) is 5.94. The van der Waals surface area contributed by atoms with Crippen LogP contribution in [0, 0.1) is 5.92 Å². The van der Waals surface area contributed by atoms with Gasteiger partial charge in [-0.3, -0.25) is 9.78 Å². The number of hydrogen-bond donors (Lipinski definition) is 3. The standard InChI is InChI=1S/C20H26BN3O2/c21-9-2-1-8-20(22,19(25)26)16-11-17(12-16)24-13-15-6-3-5-14-7-4-10-23-18(14)15/h3-7,10,16-17,24H,1-2,8-9,11-13,22H2,(H,25,26). The lowest BCUT2D eigenvalue weighted by Crippen LogP contribution is -2.61. The van der Waals surface area contributed by atoms with Crippen molar-refractivity contribution >= 4 is 24.7 Å². The van der Waals surface area contributed by atoms with Gasteiger partial charge in [0.2, 0.25) is 0 Å². The summed E-state index contributed by atoms with van der Waals surface area (Å²) in [6, 6.07) is 10.5. The number of aliphatic carboxylic acids is 1. The largest absolute Gasteiger partial charge is 0.480 e. The molecule has 1 aliphatic carbocycles. The van der Waals surface area contributed by atoms with Gasteiger partial charge in [-0.15, -0.1) is 0 Å².